The van der Waals surface area contributed by atoms with E-state index in [1.54, 1.807) is 0 Å². The normalized spacial score (nSPS) is 14.1. The zero-order valence-corrected chi connectivity index (χ0v) is 43.9. The van der Waals surface area contributed by atoms with Crippen molar-refractivity contribution in [2.24, 2.45) is 0 Å². The predicted molar refractivity (Wildman–Crippen MR) is 279 cm³/mol. The Morgan fingerprint density at radius 3 is 1.34 bits per heavy atom. The first-order valence-electron chi connectivity index (χ1n) is 26.7. The maximum atomic E-state index is 12.8. The first kappa shape index (κ1) is 62.9. The monoisotopic (exact) mass is 933 g/mol. The molecule has 0 radical (unpaired) electrons. The van der Waals surface area contributed by atoms with Crippen LogP contribution in [0.25, 0.3) is 0 Å². The largest absolute Gasteiger partial charge is 0.472 e. The van der Waals surface area contributed by atoms with Gasteiger partial charge in [-0.15, -0.1) is 0 Å². The third-order valence-electron chi connectivity index (χ3n) is 11.3. The molecule has 0 fully saturated rings. The molecule has 0 aliphatic rings. The molecule has 0 saturated heterocycles. The minimum atomic E-state index is -4.29. The van der Waals surface area contributed by atoms with Gasteiger partial charge in [0, 0.05) is 13.0 Å². The Bertz CT molecular complexity index is 1270. The van der Waals surface area contributed by atoms with Crippen LogP contribution in [-0.2, 0) is 27.9 Å². The number of phosphoric ester groups is 1. The maximum Gasteiger partial charge on any atom is 0.472 e. The summed E-state index contributed by atoms with van der Waals surface area (Å²) in [5.41, 5.74) is 0. The van der Waals surface area contributed by atoms with E-state index in [9.17, 15) is 14.3 Å². The van der Waals surface area contributed by atoms with Gasteiger partial charge in [0.2, 0.25) is 0 Å². The van der Waals surface area contributed by atoms with E-state index in [1.807, 2.05) is 21.1 Å². The van der Waals surface area contributed by atoms with Crippen molar-refractivity contribution >= 4 is 13.8 Å². The Hall–Kier alpha value is -2.06. The minimum Gasteiger partial charge on any atom is -0.457 e. The molecule has 0 aromatic heterocycles. The summed E-state index contributed by atoms with van der Waals surface area (Å²) in [6.07, 6.45) is 63.8. The van der Waals surface area contributed by atoms with Gasteiger partial charge < -0.3 is 18.9 Å². The van der Waals surface area contributed by atoms with E-state index in [-0.39, 0.29) is 25.8 Å². The van der Waals surface area contributed by atoms with Crippen LogP contribution in [0.4, 0.5) is 0 Å². The number of quaternary nitrogens is 1. The quantitative estimate of drug-likeness (QED) is 0.0214. The van der Waals surface area contributed by atoms with Crippen molar-refractivity contribution < 1.29 is 37.3 Å². The topological polar surface area (TPSA) is 91.3 Å². The molecule has 0 rings (SSSR count). The molecule has 65 heavy (non-hydrogen) atoms. The molecule has 378 valence electrons. The number of allylic oxidation sites excluding steroid dienone is 12. The second kappa shape index (κ2) is 48.4. The highest BCUT2D eigenvalue weighted by atomic mass is 31.2. The van der Waals surface area contributed by atoms with E-state index in [0.29, 0.717) is 24.1 Å². The molecular weight excluding hydrogens is 830 g/mol. The van der Waals surface area contributed by atoms with Crippen molar-refractivity contribution in [1.29, 1.82) is 0 Å². The van der Waals surface area contributed by atoms with Crippen LogP contribution in [0.2, 0.25) is 0 Å². The SMILES string of the molecule is CC/C=C\C/C=C\C/C=C\C/C=C\CCCCCCCCC(=O)OC(COCCCCCCCCCCCCCC/C=C\C/C=C\CCCCCCC)COP(=O)(O)OCC[N+](C)(C)C. The van der Waals surface area contributed by atoms with Crippen LogP contribution in [0.5, 0.6) is 0 Å². The number of esters is 1. The summed E-state index contributed by atoms with van der Waals surface area (Å²) >= 11 is 0. The lowest BCUT2D eigenvalue weighted by molar-refractivity contribution is -0.870. The second-order valence-corrected chi connectivity index (χ2v) is 20.3. The molecule has 0 spiro atoms. The number of hydrogen-bond donors (Lipinski definition) is 1. The average Bonchev–Trinajstić information content (AvgIpc) is 3.27. The van der Waals surface area contributed by atoms with Crippen LogP contribution in [0.3, 0.4) is 0 Å². The molecule has 0 aromatic carbocycles. The smallest absolute Gasteiger partial charge is 0.457 e. The number of likely N-dealkylation sites (N-methyl/N-ethyl adjacent to an activating group) is 1. The van der Waals surface area contributed by atoms with Crippen LogP contribution < -0.4 is 0 Å². The van der Waals surface area contributed by atoms with Crippen molar-refractivity contribution in [3.63, 3.8) is 0 Å². The number of rotatable bonds is 49. The van der Waals surface area contributed by atoms with Crippen molar-refractivity contribution in [1.82, 2.24) is 0 Å². The number of carbonyl (C=O) groups excluding carboxylic acids is 1. The molecule has 0 aliphatic heterocycles. The van der Waals surface area contributed by atoms with Crippen LogP contribution >= 0.6 is 7.82 Å². The Morgan fingerprint density at radius 2 is 0.892 bits per heavy atom. The lowest BCUT2D eigenvalue weighted by Crippen LogP contribution is -2.37. The average molecular weight is 933 g/mol. The molecule has 0 heterocycles. The molecule has 2 unspecified atom stereocenters. The third kappa shape index (κ3) is 52.8. The lowest BCUT2D eigenvalue weighted by atomic mass is 10.0. The fourth-order valence-electron chi connectivity index (χ4n) is 7.16. The molecule has 0 bridgehead atoms. The molecule has 0 aromatic rings. The van der Waals surface area contributed by atoms with Gasteiger partial charge in [-0.2, -0.15) is 0 Å². The Morgan fingerprint density at radius 1 is 0.492 bits per heavy atom. The Balaban J connectivity index is 4.14. The van der Waals surface area contributed by atoms with Crippen molar-refractivity contribution in [2.45, 2.75) is 225 Å². The molecule has 0 saturated carbocycles. The van der Waals surface area contributed by atoms with Crippen molar-refractivity contribution in [3.8, 4) is 0 Å². The first-order chi connectivity index (χ1) is 31.6. The number of ether oxygens (including phenoxy) is 2. The molecule has 0 amide bonds. The molecule has 8 nitrogen and oxygen atoms in total. The van der Waals surface area contributed by atoms with E-state index in [2.05, 4.69) is 86.8 Å². The highest BCUT2D eigenvalue weighted by Gasteiger charge is 2.26. The summed E-state index contributed by atoms with van der Waals surface area (Å²) in [5.74, 6) is -0.328. The van der Waals surface area contributed by atoms with Crippen molar-refractivity contribution in [2.75, 3.05) is 54.1 Å². The summed E-state index contributed by atoms with van der Waals surface area (Å²) in [4.78, 5) is 23.0. The van der Waals surface area contributed by atoms with Gasteiger partial charge in [0.15, 0.2) is 0 Å². The summed E-state index contributed by atoms with van der Waals surface area (Å²) in [6.45, 7) is 5.49. The highest BCUT2D eigenvalue weighted by molar-refractivity contribution is 7.47. The van der Waals surface area contributed by atoms with Crippen LogP contribution in [0.15, 0.2) is 72.9 Å². The Labute approximate surface area is 402 Å². The first-order valence-corrected chi connectivity index (χ1v) is 28.2. The van der Waals surface area contributed by atoms with Gasteiger partial charge in [0.25, 0.3) is 0 Å². The van der Waals surface area contributed by atoms with Gasteiger partial charge in [-0.05, 0) is 83.5 Å². The van der Waals surface area contributed by atoms with Gasteiger partial charge in [-0.3, -0.25) is 13.8 Å². The molecular formula is C56H103NO7P+. The lowest BCUT2D eigenvalue weighted by Gasteiger charge is -2.24. The van der Waals surface area contributed by atoms with E-state index in [4.69, 9.17) is 18.5 Å². The number of nitrogens with zero attached hydrogens (tertiary/aromatic N) is 1. The van der Waals surface area contributed by atoms with Crippen LogP contribution in [0.1, 0.15) is 219 Å². The zero-order chi connectivity index (χ0) is 47.6. The number of hydrogen-bond acceptors (Lipinski definition) is 6. The van der Waals surface area contributed by atoms with Gasteiger partial charge in [0.1, 0.15) is 19.3 Å². The van der Waals surface area contributed by atoms with E-state index in [1.165, 1.54) is 122 Å². The fourth-order valence-corrected chi connectivity index (χ4v) is 7.90. The highest BCUT2D eigenvalue weighted by Crippen LogP contribution is 2.43. The van der Waals surface area contributed by atoms with E-state index < -0.39 is 13.9 Å². The molecule has 2 atom stereocenters. The van der Waals surface area contributed by atoms with Gasteiger partial charge in [-0.1, -0.05) is 202 Å². The zero-order valence-electron chi connectivity index (χ0n) is 43.0. The number of unbranched alkanes of at least 4 members (excludes halogenated alkanes) is 23. The summed E-state index contributed by atoms with van der Waals surface area (Å²) in [7, 11) is 1.65. The summed E-state index contributed by atoms with van der Waals surface area (Å²) in [5, 5.41) is 0. The summed E-state index contributed by atoms with van der Waals surface area (Å²) < 4.78 is 35.2. The van der Waals surface area contributed by atoms with Gasteiger partial charge in [-0.25, -0.2) is 4.57 Å². The fraction of sp³-hybridized carbons (Fsp3) is 0.768. The van der Waals surface area contributed by atoms with Crippen LogP contribution in [0, 0.1) is 0 Å². The molecule has 9 heteroatoms. The summed E-state index contributed by atoms with van der Waals surface area (Å²) in [6, 6.07) is 0. The molecule has 0 aliphatic carbocycles. The second-order valence-electron chi connectivity index (χ2n) is 18.9. The molecule has 1 N–H and O–H groups in total. The minimum absolute atomic E-state index is 0.0823. The van der Waals surface area contributed by atoms with Crippen LogP contribution in [-0.4, -0.2) is 75.6 Å². The van der Waals surface area contributed by atoms with E-state index in [0.717, 1.165) is 77.0 Å². The standard InChI is InChI=1S/C56H102NO7P/c1-6-8-10-12-14-16-18-20-22-24-26-27-28-29-30-32-34-36-38-40-42-44-46-48-51-61-53-55(54-63-65(59,60)62-52-50-57(3,4)5)64-56(58)49-47-45-43-41-39-37-35-33-31-25-23-21-19-17-15-13-11-9-7-2/h9,11,15,17-18,20-21,23-24,26,31,33,55H,6-8,10,12-14,16,19,22,25,27-30,32,34-54H2,1-5H3/p+1/b11-9-,17-15-,20-18-,23-21-,26-24-,33-31-. The third-order valence-corrected chi connectivity index (χ3v) is 12.2. The number of carbonyl (C=O) groups is 1. The van der Waals surface area contributed by atoms with Gasteiger partial charge >= 0.3 is 13.8 Å². The maximum absolute atomic E-state index is 12.8. The predicted octanol–water partition coefficient (Wildman–Crippen LogP) is 16.6. The number of phosphoric acid groups is 1. The Kier molecular flexibility index (Phi) is 46.9. The van der Waals surface area contributed by atoms with Crippen molar-refractivity contribution in [3.05, 3.63) is 72.9 Å². The van der Waals surface area contributed by atoms with Gasteiger partial charge in [0.05, 0.1) is 34.4 Å². The van der Waals surface area contributed by atoms with E-state index >= 15 is 0 Å².